The molecule has 1 N–H and O–H groups in total. The van der Waals surface area contributed by atoms with Gasteiger partial charge in [-0.3, -0.25) is 4.79 Å². The Kier molecular flexibility index (Phi) is 5.56. The standard InChI is InChI=1S/C16H23NO3/c1-3-19-14-8-6-13(7-9-14)16(18)12(2)17-11-15-5-4-10-20-15/h6-9,12,15,17H,3-5,10-11H2,1-2H3. The maximum atomic E-state index is 12.3. The summed E-state index contributed by atoms with van der Waals surface area (Å²) in [7, 11) is 0. The van der Waals surface area contributed by atoms with Crippen LogP contribution in [-0.4, -0.2) is 37.7 Å². The fourth-order valence-electron chi connectivity index (χ4n) is 2.34. The van der Waals surface area contributed by atoms with Gasteiger partial charge < -0.3 is 14.8 Å². The van der Waals surface area contributed by atoms with Gasteiger partial charge in [-0.15, -0.1) is 0 Å². The zero-order valence-electron chi connectivity index (χ0n) is 12.2. The lowest BCUT2D eigenvalue weighted by Gasteiger charge is -2.16. The molecule has 1 aromatic rings. The Morgan fingerprint density at radius 3 is 2.80 bits per heavy atom. The van der Waals surface area contributed by atoms with E-state index in [2.05, 4.69) is 5.32 Å². The normalized spacial score (nSPS) is 19.8. The van der Waals surface area contributed by atoms with Crippen LogP contribution in [0.3, 0.4) is 0 Å². The molecular formula is C16H23NO3. The summed E-state index contributed by atoms with van der Waals surface area (Å²) < 4.78 is 10.9. The minimum Gasteiger partial charge on any atom is -0.494 e. The number of hydrogen-bond donors (Lipinski definition) is 1. The predicted molar refractivity (Wildman–Crippen MR) is 78.4 cm³/mol. The zero-order chi connectivity index (χ0) is 14.4. The number of Topliss-reactive ketones (excluding diaryl/α,β-unsaturated/α-hetero) is 1. The average molecular weight is 277 g/mol. The summed E-state index contributed by atoms with van der Waals surface area (Å²) in [5.41, 5.74) is 0.709. The molecule has 20 heavy (non-hydrogen) atoms. The van der Waals surface area contributed by atoms with E-state index in [4.69, 9.17) is 9.47 Å². The number of hydrogen-bond acceptors (Lipinski definition) is 4. The van der Waals surface area contributed by atoms with Gasteiger partial charge >= 0.3 is 0 Å². The van der Waals surface area contributed by atoms with E-state index in [1.807, 2.05) is 38.1 Å². The van der Waals surface area contributed by atoms with Crippen molar-refractivity contribution in [3.63, 3.8) is 0 Å². The molecule has 2 atom stereocenters. The van der Waals surface area contributed by atoms with Crippen LogP contribution in [0.25, 0.3) is 0 Å². The van der Waals surface area contributed by atoms with Gasteiger partial charge in [0.2, 0.25) is 0 Å². The molecule has 0 amide bonds. The number of nitrogens with one attached hydrogen (secondary N) is 1. The van der Waals surface area contributed by atoms with Crippen molar-refractivity contribution < 1.29 is 14.3 Å². The van der Waals surface area contributed by atoms with Crippen molar-refractivity contribution in [2.24, 2.45) is 0 Å². The summed E-state index contributed by atoms with van der Waals surface area (Å²) in [5, 5.41) is 3.26. The summed E-state index contributed by atoms with van der Waals surface area (Å²) in [6.45, 7) is 6.05. The molecule has 2 rings (SSSR count). The van der Waals surface area contributed by atoms with Crippen LogP contribution in [-0.2, 0) is 4.74 Å². The lowest BCUT2D eigenvalue weighted by atomic mass is 10.1. The van der Waals surface area contributed by atoms with Crippen LogP contribution in [0.1, 0.15) is 37.0 Å². The number of carbonyl (C=O) groups excluding carboxylic acids is 1. The van der Waals surface area contributed by atoms with E-state index in [9.17, 15) is 4.79 Å². The Hall–Kier alpha value is -1.39. The van der Waals surface area contributed by atoms with Gasteiger partial charge in [-0.25, -0.2) is 0 Å². The van der Waals surface area contributed by atoms with Crippen LogP contribution in [0, 0.1) is 0 Å². The largest absolute Gasteiger partial charge is 0.494 e. The lowest BCUT2D eigenvalue weighted by Crippen LogP contribution is -2.38. The number of ether oxygens (including phenoxy) is 2. The van der Waals surface area contributed by atoms with Gasteiger partial charge in [0.05, 0.1) is 18.8 Å². The van der Waals surface area contributed by atoms with Crippen molar-refractivity contribution in [2.75, 3.05) is 19.8 Å². The van der Waals surface area contributed by atoms with Crippen molar-refractivity contribution in [3.05, 3.63) is 29.8 Å². The molecule has 1 fully saturated rings. The minimum atomic E-state index is -0.197. The van der Waals surface area contributed by atoms with E-state index >= 15 is 0 Å². The molecule has 0 radical (unpaired) electrons. The van der Waals surface area contributed by atoms with E-state index in [1.54, 1.807) is 0 Å². The number of benzene rings is 1. The Morgan fingerprint density at radius 2 is 2.20 bits per heavy atom. The van der Waals surface area contributed by atoms with Crippen LogP contribution in [0.4, 0.5) is 0 Å². The highest BCUT2D eigenvalue weighted by molar-refractivity contribution is 5.99. The highest BCUT2D eigenvalue weighted by Gasteiger charge is 2.19. The summed E-state index contributed by atoms with van der Waals surface area (Å²) in [6, 6.07) is 7.11. The van der Waals surface area contributed by atoms with Crippen LogP contribution >= 0.6 is 0 Å². The Bertz CT molecular complexity index is 424. The smallest absolute Gasteiger partial charge is 0.179 e. The fraction of sp³-hybridized carbons (Fsp3) is 0.562. The van der Waals surface area contributed by atoms with Crippen molar-refractivity contribution in [3.8, 4) is 5.75 Å². The monoisotopic (exact) mass is 277 g/mol. The quantitative estimate of drug-likeness (QED) is 0.778. The first-order valence-corrected chi connectivity index (χ1v) is 7.32. The first-order chi connectivity index (χ1) is 9.70. The van der Waals surface area contributed by atoms with Crippen molar-refractivity contribution in [1.29, 1.82) is 0 Å². The Balaban J connectivity index is 1.85. The van der Waals surface area contributed by atoms with Crippen LogP contribution in [0.2, 0.25) is 0 Å². The SMILES string of the molecule is CCOc1ccc(C(=O)C(C)NCC2CCCO2)cc1. The van der Waals surface area contributed by atoms with E-state index < -0.39 is 0 Å². The number of carbonyl (C=O) groups is 1. The molecule has 1 aliphatic rings. The third-order valence-electron chi connectivity index (χ3n) is 3.52. The van der Waals surface area contributed by atoms with E-state index in [1.165, 1.54) is 0 Å². The Labute approximate surface area is 120 Å². The molecule has 110 valence electrons. The highest BCUT2D eigenvalue weighted by Crippen LogP contribution is 2.14. The molecule has 4 heteroatoms. The summed E-state index contributed by atoms with van der Waals surface area (Å²) in [6.07, 6.45) is 2.45. The van der Waals surface area contributed by atoms with Gasteiger partial charge in [-0.1, -0.05) is 0 Å². The van der Waals surface area contributed by atoms with Gasteiger partial charge in [0.15, 0.2) is 5.78 Å². The summed E-state index contributed by atoms with van der Waals surface area (Å²) in [5.74, 6) is 0.898. The zero-order valence-corrected chi connectivity index (χ0v) is 12.2. The maximum Gasteiger partial charge on any atom is 0.179 e. The molecule has 1 aliphatic heterocycles. The predicted octanol–water partition coefficient (Wildman–Crippen LogP) is 2.43. The van der Waals surface area contributed by atoms with E-state index in [0.717, 1.165) is 31.7 Å². The lowest BCUT2D eigenvalue weighted by molar-refractivity contribution is 0.0902. The third-order valence-corrected chi connectivity index (χ3v) is 3.52. The first-order valence-electron chi connectivity index (χ1n) is 7.32. The molecule has 1 heterocycles. The maximum absolute atomic E-state index is 12.3. The molecule has 0 spiro atoms. The van der Waals surface area contributed by atoms with E-state index in [-0.39, 0.29) is 17.9 Å². The van der Waals surface area contributed by atoms with Crippen molar-refractivity contribution in [2.45, 2.75) is 38.8 Å². The second-order valence-corrected chi connectivity index (χ2v) is 5.09. The summed E-state index contributed by atoms with van der Waals surface area (Å²) >= 11 is 0. The van der Waals surface area contributed by atoms with Gasteiger partial charge in [-0.2, -0.15) is 0 Å². The third kappa shape index (κ3) is 4.05. The molecular weight excluding hydrogens is 254 g/mol. The molecule has 0 saturated carbocycles. The van der Waals surface area contributed by atoms with Crippen LogP contribution < -0.4 is 10.1 Å². The molecule has 1 saturated heterocycles. The topological polar surface area (TPSA) is 47.6 Å². The van der Waals surface area contributed by atoms with Gasteiger partial charge in [0, 0.05) is 18.7 Å². The second kappa shape index (κ2) is 7.41. The minimum absolute atomic E-state index is 0.103. The van der Waals surface area contributed by atoms with Crippen molar-refractivity contribution >= 4 is 5.78 Å². The molecule has 1 aromatic carbocycles. The summed E-state index contributed by atoms with van der Waals surface area (Å²) in [4.78, 5) is 12.3. The second-order valence-electron chi connectivity index (χ2n) is 5.09. The molecule has 2 unspecified atom stereocenters. The van der Waals surface area contributed by atoms with Gasteiger partial charge in [0.25, 0.3) is 0 Å². The molecule has 0 aliphatic carbocycles. The first kappa shape index (κ1) is 15.0. The van der Waals surface area contributed by atoms with Crippen LogP contribution in [0.15, 0.2) is 24.3 Å². The van der Waals surface area contributed by atoms with Gasteiger partial charge in [0.1, 0.15) is 5.75 Å². The fourth-order valence-corrected chi connectivity index (χ4v) is 2.34. The molecule has 4 nitrogen and oxygen atoms in total. The van der Waals surface area contributed by atoms with E-state index in [0.29, 0.717) is 12.2 Å². The van der Waals surface area contributed by atoms with Crippen LogP contribution in [0.5, 0.6) is 5.75 Å². The molecule has 0 aromatic heterocycles. The average Bonchev–Trinajstić information content (AvgIpc) is 2.98. The highest BCUT2D eigenvalue weighted by atomic mass is 16.5. The van der Waals surface area contributed by atoms with Gasteiger partial charge in [-0.05, 0) is 51.0 Å². The van der Waals surface area contributed by atoms with Crippen molar-refractivity contribution in [1.82, 2.24) is 5.32 Å². The number of ketones is 1. The number of rotatable bonds is 7. The Morgan fingerprint density at radius 1 is 1.45 bits per heavy atom. The molecule has 0 bridgehead atoms.